The van der Waals surface area contributed by atoms with Crippen LogP contribution in [-0.2, 0) is 21.9 Å². The zero-order valence-electron chi connectivity index (χ0n) is 14.3. The second kappa shape index (κ2) is 8.37. The zero-order chi connectivity index (χ0) is 18.5. The molecule has 0 radical (unpaired) electrons. The van der Waals surface area contributed by atoms with Crippen molar-refractivity contribution in [3.8, 4) is 11.5 Å². The lowest BCUT2D eigenvalue weighted by Crippen LogP contribution is -2.07. The lowest BCUT2D eigenvalue weighted by Gasteiger charge is -2.01. The summed E-state index contributed by atoms with van der Waals surface area (Å²) >= 11 is 2.99. The molecule has 0 saturated heterocycles. The number of benzene rings is 2. The Balaban J connectivity index is 1.23. The molecule has 0 aliphatic rings. The Labute approximate surface area is 164 Å². The van der Waals surface area contributed by atoms with Crippen molar-refractivity contribution in [1.82, 2.24) is 9.97 Å². The van der Waals surface area contributed by atoms with Crippen LogP contribution in [0.2, 0.25) is 0 Å². The summed E-state index contributed by atoms with van der Waals surface area (Å²) in [4.78, 5) is 20.8. The van der Waals surface area contributed by atoms with E-state index in [4.69, 9.17) is 9.15 Å². The number of carbonyl (C=O) groups excluding carboxylic acids is 1. The third-order valence-corrected chi connectivity index (χ3v) is 5.69. The Kier molecular flexibility index (Phi) is 5.50. The van der Waals surface area contributed by atoms with E-state index in [9.17, 15) is 4.79 Å². The fourth-order valence-corrected chi connectivity index (χ4v) is 4.07. The van der Waals surface area contributed by atoms with Crippen LogP contribution in [0.5, 0.6) is 0 Å². The van der Waals surface area contributed by atoms with Crippen LogP contribution in [0.1, 0.15) is 10.7 Å². The van der Waals surface area contributed by atoms with Crippen molar-refractivity contribution in [1.29, 1.82) is 0 Å². The number of thioether (sulfide) groups is 1. The van der Waals surface area contributed by atoms with Crippen LogP contribution in [0.25, 0.3) is 21.7 Å². The molecule has 0 aliphatic heterocycles. The van der Waals surface area contributed by atoms with Gasteiger partial charge in [-0.3, -0.25) is 4.79 Å². The summed E-state index contributed by atoms with van der Waals surface area (Å²) < 4.78 is 11.9. The van der Waals surface area contributed by atoms with Crippen molar-refractivity contribution < 1.29 is 13.9 Å². The smallest absolute Gasteiger partial charge is 0.316 e. The summed E-state index contributed by atoms with van der Waals surface area (Å²) in [6, 6.07) is 17.6. The lowest BCUT2D eigenvalue weighted by molar-refractivity contribution is -0.141. The number of aromatic nitrogens is 2. The number of para-hydroxylation sites is 1. The molecule has 0 fully saturated rings. The number of carbonyl (C=O) groups is 1. The second-order valence-corrected chi connectivity index (χ2v) is 7.84. The minimum absolute atomic E-state index is 0.209. The summed E-state index contributed by atoms with van der Waals surface area (Å²) in [5.74, 6) is 1.18. The Morgan fingerprint density at radius 1 is 1.07 bits per heavy atom. The Bertz CT molecular complexity index is 1010. The Hall–Kier alpha value is -2.64. The molecule has 0 atom stereocenters. The van der Waals surface area contributed by atoms with Crippen LogP contribution in [0.4, 0.5) is 0 Å². The van der Waals surface area contributed by atoms with E-state index in [1.165, 1.54) is 11.8 Å². The number of oxazole rings is 1. The zero-order valence-corrected chi connectivity index (χ0v) is 16.0. The minimum atomic E-state index is -0.258. The first kappa shape index (κ1) is 17.8. The average molecular weight is 396 g/mol. The summed E-state index contributed by atoms with van der Waals surface area (Å²) in [5.41, 5.74) is 2.67. The maximum Gasteiger partial charge on any atom is 0.316 e. The van der Waals surface area contributed by atoms with Gasteiger partial charge in [0.25, 0.3) is 0 Å². The van der Waals surface area contributed by atoms with Crippen molar-refractivity contribution >= 4 is 39.3 Å². The van der Waals surface area contributed by atoms with E-state index in [1.54, 1.807) is 17.6 Å². The summed E-state index contributed by atoms with van der Waals surface area (Å²) in [6.07, 6.45) is 1.63. The van der Waals surface area contributed by atoms with E-state index in [2.05, 4.69) is 9.97 Å². The van der Waals surface area contributed by atoms with Gasteiger partial charge < -0.3 is 9.15 Å². The predicted molar refractivity (Wildman–Crippen MR) is 108 cm³/mol. The topological polar surface area (TPSA) is 65.2 Å². The molecule has 5 nitrogen and oxygen atoms in total. The highest BCUT2D eigenvalue weighted by atomic mass is 32.2. The number of hydrogen-bond donors (Lipinski definition) is 0. The average Bonchev–Trinajstić information content (AvgIpc) is 3.34. The molecule has 2 aromatic carbocycles. The molecular formula is C20H16N2O3S2. The van der Waals surface area contributed by atoms with Gasteiger partial charge in [-0.1, -0.05) is 30.3 Å². The van der Waals surface area contributed by atoms with Crippen molar-refractivity contribution in [3.05, 3.63) is 71.6 Å². The van der Waals surface area contributed by atoms with Crippen LogP contribution in [0.15, 0.2) is 65.3 Å². The van der Waals surface area contributed by atoms with Gasteiger partial charge in [-0.05, 0) is 24.3 Å². The summed E-state index contributed by atoms with van der Waals surface area (Å²) in [6.45, 7) is 0.209. The number of thiazole rings is 1. The fourth-order valence-electron chi connectivity index (χ4n) is 2.49. The van der Waals surface area contributed by atoms with Gasteiger partial charge in [-0.2, -0.15) is 0 Å². The minimum Gasteiger partial charge on any atom is -0.458 e. The van der Waals surface area contributed by atoms with Gasteiger partial charge in [-0.15, -0.1) is 23.1 Å². The standard InChI is InChI=1S/C20H16N2O3S2/c23-19(24-11-18-22-16-8-4-5-9-17(16)27-18)13-26-12-15-10-25-20(21-15)14-6-2-1-3-7-14/h1-10H,11-13H2. The van der Waals surface area contributed by atoms with Crippen LogP contribution < -0.4 is 0 Å². The third-order valence-electron chi connectivity index (χ3n) is 3.74. The maximum atomic E-state index is 11.9. The molecule has 0 N–H and O–H groups in total. The molecule has 0 spiro atoms. The van der Waals surface area contributed by atoms with Crippen molar-refractivity contribution in [2.24, 2.45) is 0 Å². The third kappa shape index (κ3) is 4.56. The predicted octanol–water partition coefficient (Wildman–Crippen LogP) is 4.93. The Morgan fingerprint density at radius 2 is 1.89 bits per heavy atom. The maximum absolute atomic E-state index is 11.9. The second-order valence-electron chi connectivity index (χ2n) is 5.74. The molecule has 2 aromatic heterocycles. The Morgan fingerprint density at radius 3 is 2.74 bits per heavy atom. The van der Waals surface area contributed by atoms with Gasteiger partial charge in [0.2, 0.25) is 5.89 Å². The van der Waals surface area contributed by atoms with E-state index in [0.29, 0.717) is 11.6 Å². The number of hydrogen-bond acceptors (Lipinski definition) is 7. The van der Waals surface area contributed by atoms with E-state index in [0.717, 1.165) is 26.5 Å². The van der Waals surface area contributed by atoms with Gasteiger partial charge in [0, 0.05) is 11.3 Å². The van der Waals surface area contributed by atoms with E-state index < -0.39 is 0 Å². The molecule has 0 saturated carbocycles. The highest BCUT2D eigenvalue weighted by Crippen LogP contribution is 2.23. The van der Waals surface area contributed by atoms with Crippen LogP contribution in [0, 0.1) is 0 Å². The highest BCUT2D eigenvalue weighted by molar-refractivity contribution is 7.99. The van der Waals surface area contributed by atoms with Crippen LogP contribution in [-0.4, -0.2) is 21.7 Å². The monoisotopic (exact) mass is 396 g/mol. The van der Waals surface area contributed by atoms with Crippen LogP contribution >= 0.6 is 23.1 Å². The largest absolute Gasteiger partial charge is 0.458 e. The van der Waals surface area contributed by atoms with Gasteiger partial charge in [0.15, 0.2) is 0 Å². The number of fused-ring (bicyclic) bond motifs is 1. The van der Waals surface area contributed by atoms with Gasteiger partial charge >= 0.3 is 5.97 Å². The molecule has 4 rings (SSSR count). The summed E-state index contributed by atoms with van der Waals surface area (Å²) in [7, 11) is 0. The van der Waals surface area contributed by atoms with Gasteiger partial charge in [0.1, 0.15) is 17.9 Å². The van der Waals surface area contributed by atoms with Crippen molar-refractivity contribution in [3.63, 3.8) is 0 Å². The molecule has 0 unspecified atom stereocenters. The molecular weight excluding hydrogens is 380 g/mol. The highest BCUT2D eigenvalue weighted by Gasteiger charge is 2.10. The lowest BCUT2D eigenvalue weighted by atomic mass is 10.2. The van der Waals surface area contributed by atoms with Crippen LogP contribution in [0.3, 0.4) is 0 Å². The van der Waals surface area contributed by atoms with E-state index >= 15 is 0 Å². The first-order valence-corrected chi connectivity index (χ1v) is 10.3. The number of nitrogens with zero attached hydrogens (tertiary/aromatic N) is 2. The van der Waals surface area contributed by atoms with Crippen molar-refractivity contribution in [2.75, 3.05) is 5.75 Å². The van der Waals surface area contributed by atoms with E-state index in [1.807, 2.05) is 54.6 Å². The molecule has 0 amide bonds. The molecule has 0 aliphatic carbocycles. The van der Waals surface area contributed by atoms with E-state index in [-0.39, 0.29) is 18.3 Å². The fraction of sp³-hybridized carbons (Fsp3) is 0.150. The van der Waals surface area contributed by atoms with Gasteiger partial charge in [0.05, 0.1) is 21.7 Å². The molecule has 4 aromatic rings. The number of esters is 1. The SMILES string of the molecule is O=C(CSCc1coc(-c2ccccc2)n1)OCc1nc2ccccc2s1. The quantitative estimate of drug-likeness (QED) is 0.413. The molecule has 7 heteroatoms. The van der Waals surface area contributed by atoms with Gasteiger partial charge in [-0.25, -0.2) is 9.97 Å². The molecule has 27 heavy (non-hydrogen) atoms. The molecule has 0 bridgehead atoms. The first-order valence-electron chi connectivity index (χ1n) is 8.35. The molecule has 136 valence electrons. The molecule has 2 heterocycles. The number of ether oxygens (including phenoxy) is 1. The number of rotatable bonds is 7. The summed E-state index contributed by atoms with van der Waals surface area (Å²) in [5, 5.41) is 0.804. The normalized spacial score (nSPS) is 11.0. The first-order chi connectivity index (χ1) is 13.3. The van der Waals surface area contributed by atoms with Crippen molar-refractivity contribution in [2.45, 2.75) is 12.4 Å².